The molecule has 136 valence electrons. The Bertz CT molecular complexity index is 879. The van der Waals surface area contributed by atoms with E-state index in [2.05, 4.69) is 5.16 Å². The van der Waals surface area contributed by atoms with Gasteiger partial charge in [0.1, 0.15) is 12.3 Å². The molecule has 0 aliphatic heterocycles. The highest BCUT2D eigenvalue weighted by molar-refractivity contribution is 6.31. The Labute approximate surface area is 163 Å². The third-order valence-electron chi connectivity index (χ3n) is 3.99. The van der Waals surface area contributed by atoms with E-state index < -0.39 is 6.16 Å². The molecule has 0 unspecified atom stereocenters. The first-order valence-electron chi connectivity index (χ1n) is 8.42. The van der Waals surface area contributed by atoms with Crippen molar-refractivity contribution in [2.75, 3.05) is 0 Å². The van der Waals surface area contributed by atoms with E-state index in [0.717, 1.165) is 22.3 Å². The predicted molar refractivity (Wildman–Crippen MR) is 106 cm³/mol. The molecule has 5 heteroatoms. The van der Waals surface area contributed by atoms with Crippen molar-refractivity contribution in [2.45, 2.75) is 13.5 Å². The molecule has 3 aromatic carbocycles. The quantitative estimate of drug-likeness (QED) is 0.245. The summed E-state index contributed by atoms with van der Waals surface area (Å²) in [5, 5.41) is 4.57. The number of hydrogen-bond donors (Lipinski definition) is 0. The summed E-state index contributed by atoms with van der Waals surface area (Å²) in [6.07, 6.45) is -0.890. The average Bonchev–Trinajstić information content (AvgIpc) is 2.69. The Morgan fingerprint density at radius 1 is 0.889 bits per heavy atom. The number of oxime groups is 1. The summed E-state index contributed by atoms with van der Waals surface area (Å²) in [4.78, 5) is 17.0. The highest BCUT2D eigenvalue weighted by atomic mass is 35.5. The normalized spacial score (nSPS) is 10.1. The van der Waals surface area contributed by atoms with E-state index >= 15 is 0 Å². The molecule has 4 nitrogen and oxygen atoms in total. The van der Waals surface area contributed by atoms with Crippen LogP contribution in [0.1, 0.15) is 22.3 Å². The molecule has 0 aliphatic rings. The molecule has 0 aliphatic carbocycles. The summed E-state index contributed by atoms with van der Waals surface area (Å²) < 4.78 is 5.16. The first-order valence-corrected chi connectivity index (χ1v) is 8.79. The van der Waals surface area contributed by atoms with Gasteiger partial charge < -0.3 is 4.74 Å². The number of benzene rings is 3. The van der Waals surface area contributed by atoms with E-state index in [-0.39, 0.29) is 6.61 Å². The van der Waals surface area contributed by atoms with Crippen LogP contribution in [0.4, 0.5) is 4.79 Å². The number of hydrogen-bond acceptors (Lipinski definition) is 4. The van der Waals surface area contributed by atoms with Crippen LogP contribution in [0.3, 0.4) is 0 Å². The Balaban J connectivity index is 1.74. The zero-order valence-electron chi connectivity index (χ0n) is 14.8. The van der Waals surface area contributed by atoms with Crippen molar-refractivity contribution in [3.63, 3.8) is 0 Å². The number of halogens is 1. The van der Waals surface area contributed by atoms with Crippen LogP contribution >= 0.6 is 11.6 Å². The highest BCUT2D eigenvalue weighted by Crippen LogP contribution is 2.20. The maximum absolute atomic E-state index is 12.0. The van der Waals surface area contributed by atoms with Crippen LogP contribution < -0.4 is 0 Å². The third kappa shape index (κ3) is 4.96. The second-order valence-electron chi connectivity index (χ2n) is 5.84. The van der Waals surface area contributed by atoms with Crippen LogP contribution in [0.2, 0.25) is 5.02 Å². The van der Waals surface area contributed by atoms with Gasteiger partial charge in [0.25, 0.3) is 0 Å². The van der Waals surface area contributed by atoms with E-state index in [0.29, 0.717) is 10.7 Å². The molecule has 0 fully saturated rings. The summed E-state index contributed by atoms with van der Waals surface area (Å²) in [5.74, 6) is 0. The number of aryl methyl sites for hydroxylation is 1. The molecule has 0 radical (unpaired) electrons. The van der Waals surface area contributed by atoms with Crippen molar-refractivity contribution >= 4 is 23.5 Å². The Hall–Kier alpha value is -3.11. The molecule has 0 N–H and O–H groups in total. The lowest BCUT2D eigenvalue weighted by Crippen LogP contribution is -2.09. The monoisotopic (exact) mass is 379 g/mol. The minimum atomic E-state index is -0.890. The van der Waals surface area contributed by atoms with E-state index in [1.165, 1.54) is 0 Å². The predicted octanol–water partition coefficient (Wildman–Crippen LogP) is 5.75. The molecule has 0 aromatic heterocycles. The van der Waals surface area contributed by atoms with Gasteiger partial charge in [-0.15, -0.1) is 0 Å². The minimum absolute atomic E-state index is 0.0197. The maximum Gasteiger partial charge on any atom is 0.535 e. The summed E-state index contributed by atoms with van der Waals surface area (Å²) >= 11 is 6.14. The van der Waals surface area contributed by atoms with E-state index in [9.17, 15) is 4.79 Å². The molecule has 0 spiro atoms. The molecule has 0 bridgehead atoms. The van der Waals surface area contributed by atoms with Crippen molar-refractivity contribution in [1.29, 1.82) is 0 Å². The van der Waals surface area contributed by atoms with Crippen LogP contribution in [0.25, 0.3) is 0 Å². The third-order valence-corrected chi connectivity index (χ3v) is 4.35. The summed E-state index contributed by atoms with van der Waals surface area (Å²) in [5.41, 5.74) is 3.89. The molecule has 0 atom stereocenters. The Morgan fingerprint density at radius 2 is 1.48 bits per heavy atom. The van der Waals surface area contributed by atoms with Crippen LogP contribution in [-0.4, -0.2) is 11.9 Å². The second kappa shape index (κ2) is 9.01. The number of carbonyl (C=O) groups is 1. The first kappa shape index (κ1) is 18.7. The number of rotatable bonds is 5. The van der Waals surface area contributed by atoms with Gasteiger partial charge in [0.2, 0.25) is 0 Å². The molecule has 0 amide bonds. The molecule has 27 heavy (non-hydrogen) atoms. The first-order chi connectivity index (χ1) is 13.1. The smallest absolute Gasteiger partial charge is 0.428 e. The lowest BCUT2D eigenvalue weighted by molar-refractivity contribution is 0.0519. The largest absolute Gasteiger partial charge is 0.535 e. The van der Waals surface area contributed by atoms with Gasteiger partial charge in [0.15, 0.2) is 0 Å². The molecule has 3 aromatic rings. The maximum atomic E-state index is 12.0. The topological polar surface area (TPSA) is 47.9 Å². The fourth-order valence-corrected chi connectivity index (χ4v) is 2.83. The zero-order valence-corrected chi connectivity index (χ0v) is 15.5. The molecule has 3 rings (SSSR count). The minimum Gasteiger partial charge on any atom is -0.428 e. The van der Waals surface area contributed by atoms with Crippen LogP contribution in [0, 0.1) is 6.92 Å². The SMILES string of the molecule is Cc1cccc(Cl)c1COC(=O)ON=C(c1ccccc1)c1ccccc1. The number of ether oxygens (including phenoxy) is 1. The van der Waals surface area contributed by atoms with Crippen molar-refractivity contribution in [1.82, 2.24) is 0 Å². The molecular weight excluding hydrogens is 362 g/mol. The molecule has 0 saturated heterocycles. The standard InChI is InChI=1S/C22H18ClNO3/c1-16-9-8-14-20(23)19(16)15-26-22(25)27-24-21(17-10-4-2-5-11-17)18-12-6-3-7-13-18/h2-14H,15H2,1H3. The summed E-state index contributed by atoms with van der Waals surface area (Å²) in [6, 6.07) is 24.5. The van der Waals surface area contributed by atoms with Crippen molar-refractivity contribution in [2.24, 2.45) is 5.16 Å². The van der Waals surface area contributed by atoms with Crippen LogP contribution in [-0.2, 0) is 16.2 Å². The van der Waals surface area contributed by atoms with Gasteiger partial charge in [-0.3, -0.25) is 4.84 Å². The number of nitrogens with zero attached hydrogens (tertiary/aromatic N) is 1. The summed E-state index contributed by atoms with van der Waals surface area (Å²) in [6.45, 7) is 1.92. The Morgan fingerprint density at radius 3 is 2.04 bits per heavy atom. The van der Waals surface area contributed by atoms with Crippen LogP contribution in [0.5, 0.6) is 0 Å². The fraction of sp³-hybridized carbons (Fsp3) is 0.0909. The van der Waals surface area contributed by atoms with Gasteiger partial charge in [0, 0.05) is 21.7 Å². The van der Waals surface area contributed by atoms with Gasteiger partial charge >= 0.3 is 6.16 Å². The van der Waals surface area contributed by atoms with E-state index in [1.807, 2.05) is 79.7 Å². The molecule has 0 heterocycles. The average molecular weight is 380 g/mol. The van der Waals surface area contributed by atoms with Gasteiger partial charge in [-0.2, -0.15) is 0 Å². The zero-order chi connectivity index (χ0) is 19.1. The van der Waals surface area contributed by atoms with Crippen LogP contribution in [0.15, 0.2) is 84.0 Å². The number of carbonyl (C=O) groups excluding carboxylic acids is 1. The lowest BCUT2D eigenvalue weighted by atomic mass is 10.0. The summed E-state index contributed by atoms with van der Waals surface area (Å²) in [7, 11) is 0. The highest BCUT2D eigenvalue weighted by Gasteiger charge is 2.12. The molecule has 0 saturated carbocycles. The van der Waals surface area contributed by atoms with Gasteiger partial charge in [-0.25, -0.2) is 4.79 Å². The van der Waals surface area contributed by atoms with Gasteiger partial charge in [-0.1, -0.05) is 89.6 Å². The van der Waals surface area contributed by atoms with Crippen molar-refractivity contribution < 1.29 is 14.4 Å². The molecular formula is C22H18ClNO3. The Kier molecular flexibility index (Phi) is 6.23. The lowest BCUT2D eigenvalue weighted by Gasteiger charge is -2.09. The van der Waals surface area contributed by atoms with E-state index in [1.54, 1.807) is 6.07 Å². The van der Waals surface area contributed by atoms with Crippen molar-refractivity contribution in [3.05, 3.63) is 106 Å². The van der Waals surface area contributed by atoms with Crippen molar-refractivity contribution in [3.8, 4) is 0 Å². The fourth-order valence-electron chi connectivity index (χ4n) is 2.55. The van der Waals surface area contributed by atoms with Gasteiger partial charge in [0.05, 0.1) is 0 Å². The second-order valence-corrected chi connectivity index (χ2v) is 6.24. The van der Waals surface area contributed by atoms with E-state index in [4.69, 9.17) is 21.2 Å². The van der Waals surface area contributed by atoms with Gasteiger partial charge in [-0.05, 0) is 18.6 Å².